The zero-order chi connectivity index (χ0) is 25.9. The third kappa shape index (κ3) is 5.21. The maximum atomic E-state index is 12.3. The SMILES string of the molecule is CCc1nc2c(C)cc(C)nc2n1-c1ccc(CCNC(=O)NS(=O)(=O)c2ccc(C#N)cc2)cc1. The molecule has 0 aliphatic rings. The molecule has 10 heteroatoms. The number of urea groups is 1. The number of aromatic nitrogens is 3. The van der Waals surface area contributed by atoms with Crippen molar-refractivity contribution in [2.24, 2.45) is 0 Å². The number of hydrogen-bond acceptors (Lipinski definition) is 6. The van der Waals surface area contributed by atoms with Crippen molar-refractivity contribution in [3.8, 4) is 11.8 Å². The summed E-state index contributed by atoms with van der Waals surface area (Å²) in [6.07, 6.45) is 1.29. The normalized spacial score (nSPS) is 11.3. The van der Waals surface area contributed by atoms with E-state index < -0.39 is 16.1 Å². The van der Waals surface area contributed by atoms with Gasteiger partial charge in [-0.1, -0.05) is 19.1 Å². The molecule has 0 saturated carbocycles. The van der Waals surface area contributed by atoms with Crippen molar-refractivity contribution in [2.45, 2.75) is 38.5 Å². The molecule has 0 fully saturated rings. The number of nitrogens with zero attached hydrogens (tertiary/aromatic N) is 4. The Morgan fingerprint density at radius 1 is 1.06 bits per heavy atom. The van der Waals surface area contributed by atoms with Crippen LogP contribution in [-0.4, -0.2) is 35.5 Å². The smallest absolute Gasteiger partial charge is 0.328 e. The summed E-state index contributed by atoms with van der Waals surface area (Å²) < 4.78 is 28.7. The molecule has 0 aliphatic carbocycles. The number of hydrogen-bond donors (Lipinski definition) is 2. The number of carbonyl (C=O) groups excluding carboxylic acids is 1. The van der Waals surface area contributed by atoms with Crippen molar-refractivity contribution in [1.82, 2.24) is 24.6 Å². The van der Waals surface area contributed by atoms with Gasteiger partial charge in [-0.3, -0.25) is 4.57 Å². The molecule has 184 valence electrons. The number of pyridine rings is 1. The molecule has 0 saturated heterocycles. The fourth-order valence-electron chi connectivity index (χ4n) is 3.97. The number of nitrogens with one attached hydrogen (secondary N) is 2. The average Bonchev–Trinajstić information content (AvgIpc) is 3.23. The highest BCUT2D eigenvalue weighted by molar-refractivity contribution is 7.90. The molecule has 0 aliphatic heterocycles. The van der Waals surface area contributed by atoms with Gasteiger partial charge in [0.1, 0.15) is 11.3 Å². The molecule has 4 rings (SSSR count). The van der Waals surface area contributed by atoms with Crippen LogP contribution in [0.15, 0.2) is 59.5 Å². The third-order valence-corrected chi connectivity index (χ3v) is 7.08. The molecule has 36 heavy (non-hydrogen) atoms. The molecular formula is C26H26N6O3S. The van der Waals surface area contributed by atoms with Crippen LogP contribution >= 0.6 is 0 Å². The van der Waals surface area contributed by atoms with Crippen molar-refractivity contribution in [2.75, 3.05) is 6.54 Å². The maximum absolute atomic E-state index is 12.3. The van der Waals surface area contributed by atoms with Gasteiger partial charge in [0.05, 0.1) is 16.5 Å². The van der Waals surface area contributed by atoms with Gasteiger partial charge in [0, 0.05) is 24.3 Å². The van der Waals surface area contributed by atoms with Gasteiger partial charge in [-0.2, -0.15) is 5.26 Å². The summed E-state index contributed by atoms with van der Waals surface area (Å²) in [4.78, 5) is 21.5. The Labute approximate surface area is 209 Å². The van der Waals surface area contributed by atoms with Gasteiger partial charge in [-0.25, -0.2) is 27.9 Å². The highest BCUT2D eigenvalue weighted by Crippen LogP contribution is 2.24. The minimum absolute atomic E-state index is 0.0920. The van der Waals surface area contributed by atoms with Crippen LogP contribution in [0, 0.1) is 25.2 Å². The number of carbonyl (C=O) groups is 1. The maximum Gasteiger partial charge on any atom is 0.328 e. The molecule has 2 heterocycles. The van der Waals surface area contributed by atoms with Crippen molar-refractivity contribution in [3.63, 3.8) is 0 Å². The molecular weight excluding hydrogens is 476 g/mol. The molecule has 4 aromatic rings. The van der Waals surface area contributed by atoms with Crippen LogP contribution in [0.4, 0.5) is 4.79 Å². The first-order valence-electron chi connectivity index (χ1n) is 11.5. The standard InChI is InChI=1S/C26H26N6O3S/c1-4-23-30-24-17(2)15-18(3)29-25(24)32(23)21-9-5-19(6-10-21)13-14-28-26(33)31-36(34,35)22-11-7-20(16-27)8-12-22/h5-12,15H,4,13-14H2,1-3H3,(H2,28,31,33). The lowest BCUT2D eigenvalue weighted by Gasteiger charge is -2.11. The first kappa shape index (κ1) is 24.9. The van der Waals surface area contributed by atoms with Crippen molar-refractivity contribution in [3.05, 3.63) is 82.8 Å². The van der Waals surface area contributed by atoms with Crippen molar-refractivity contribution in [1.29, 1.82) is 5.26 Å². The van der Waals surface area contributed by atoms with Crippen LogP contribution in [0.25, 0.3) is 16.9 Å². The van der Waals surface area contributed by atoms with Gasteiger partial charge < -0.3 is 5.32 Å². The summed E-state index contributed by atoms with van der Waals surface area (Å²) in [5, 5.41) is 11.4. The Morgan fingerprint density at radius 2 is 1.75 bits per heavy atom. The first-order chi connectivity index (χ1) is 17.2. The third-order valence-electron chi connectivity index (χ3n) is 5.73. The van der Waals surface area contributed by atoms with E-state index in [9.17, 15) is 13.2 Å². The number of sulfonamides is 1. The number of rotatable bonds is 7. The Hall–Kier alpha value is -4.23. The molecule has 0 spiro atoms. The fraction of sp³-hybridized carbons (Fsp3) is 0.231. The molecule has 0 atom stereocenters. The number of benzene rings is 2. The Morgan fingerprint density at radius 3 is 2.39 bits per heavy atom. The lowest BCUT2D eigenvalue weighted by atomic mass is 10.1. The lowest BCUT2D eigenvalue weighted by molar-refractivity contribution is 0.246. The predicted molar refractivity (Wildman–Crippen MR) is 136 cm³/mol. The van der Waals surface area contributed by atoms with E-state index in [1.54, 1.807) is 0 Å². The van der Waals surface area contributed by atoms with Gasteiger partial charge in [0.25, 0.3) is 10.0 Å². The number of aryl methyl sites for hydroxylation is 3. The second-order valence-corrected chi connectivity index (χ2v) is 10.1. The number of nitriles is 1. The molecule has 2 N–H and O–H groups in total. The quantitative estimate of drug-likeness (QED) is 0.396. The van der Waals surface area contributed by atoms with Gasteiger partial charge in [-0.15, -0.1) is 0 Å². The minimum atomic E-state index is -4.03. The van der Waals surface area contributed by atoms with Crippen LogP contribution in [0.1, 0.15) is 35.1 Å². The molecule has 2 aromatic heterocycles. The Balaban J connectivity index is 1.40. The van der Waals surface area contributed by atoms with E-state index in [1.165, 1.54) is 24.3 Å². The van der Waals surface area contributed by atoms with Crippen LogP contribution in [-0.2, 0) is 22.9 Å². The second kappa shape index (κ2) is 10.2. The molecule has 0 radical (unpaired) electrons. The van der Waals surface area contributed by atoms with Crippen LogP contribution in [0.5, 0.6) is 0 Å². The molecule has 9 nitrogen and oxygen atoms in total. The van der Waals surface area contributed by atoms with E-state index in [0.29, 0.717) is 12.0 Å². The van der Waals surface area contributed by atoms with E-state index in [4.69, 9.17) is 15.2 Å². The average molecular weight is 503 g/mol. The van der Waals surface area contributed by atoms with Gasteiger partial charge in [0.15, 0.2) is 5.65 Å². The molecule has 0 bridgehead atoms. The highest BCUT2D eigenvalue weighted by Gasteiger charge is 2.18. The van der Waals surface area contributed by atoms with Crippen LogP contribution < -0.4 is 10.0 Å². The molecule has 2 amide bonds. The first-order valence-corrected chi connectivity index (χ1v) is 13.0. The molecule has 2 aromatic carbocycles. The van der Waals surface area contributed by atoms with E-state index >= 15 is 0 Å². The van der Waals surface area contributed by atoms with E-state index in [2.05, 4.69) is 16.8 Å². The topological polar surface area (TPSA) is 130 Å². The number of fused-ring (bicyclic) bond motifs is 1. The van der Waals surface area contributed by atoms with Crippen molar-refractivity contribution >= 4 is 27.2 Å². The Kier molecular flexibility index (Phi) is 7.03. The molecule has 0 unspecified atom stereocenters. The number of imidazole rings is 1. The zero-order valence-corrected chi connectivity index (χ0v) is 21.1. The van der Waals surface area contributed by atoms with E-state index in [1.807, 2.05) is 55.0 Å². The monoisotopic (exact) mass is 502 g/mol. The minimum Gasteiger partial charge on any atom is -0.337 e. The Bertz CT molecular complexity index is 1570. The summed E-state index contributed by atoms with van der Waals surface area (Å²) in [7, 11) is -4.03. The zero-order valence-electron chi connectivity index (χ0n) is 20.2. The van der Waals surface area contributed by atoms with Gasteiger partial charge in [-0.05, 0) is 73.9 Å². The largest absolute Gasteiger partial charge is 0.337 e. The number of amides is 2. The summed E-state index contributed by atoms with van der Waals surface area (Å²) in [5.74, 6) is 0.931. The summed E-state index contributed by atoms with van der Waals surface area (Å²) in [6, 6.07) is 16.4. The fourth-order valence-corrected chi connectivity index (χ4v) is 4.90. The lowest BCUT2D eigenvalue weighted by Crippen LogP contribution is -2.40. The van der Waals surface area contributed by atoms with Gasteiger partial charge >= 0.3 is 6.03 Å². The predicted octanol–water partition coefficient (Wildman–Crippen LogP) is 3.70. The van der Waals surface area contributed by atoms with E-state index in [-0.39, 0.29) is 11.4 Å². The van der Waals surface area contributed by atoms with E-state index in [0.717, 1.165) is 45.9 Å². The highest BCUT2D eigenvalue weighted by atomic mass is 32.2. The summed E-state index contributed by atoms with van der Waals surface area (Å²) >= 11 is 0. The van der Waals surface area contributed by atoms with Gasteiger partial charge in [0.2, 0.25) is 0 Å². The second-order valence-electron chi connectivity index (χ2n) is 8.38. The summed E-state index contributed by atoms with van der Waals surface area (Å²) in [5.41, 5.74) is 6.02. The summed E-state index contributed by atoms with van der Waals surface area (Å²) in [6.45, 7) is 6.32. The van der Waals surface area contributed by atoms with Crippen LogP contribution in [0.3, 0.4) is 0 Å². The van der Waals surface area contributed by atoms with Crippen LogP contribution in [0.2, 0.25) is 0 Å². The van der Waals surface area contributed by atoms with Crippen molar-refractivity contribution < 1.29 is 13.2 Å².